The molecule has 0 heterocycles. The highest BCUT2D eigenvalue weighted by atomic mass is 19.1. The number of esters is 1. The molecule has 0 bridgehead atoms. The lowest BCUT2D eigenvalue weighted by Gasteiger charge is -2.09. The van der Waals surface area contributed by atoms with Crippen LogP contribution in [0.4, 0.5) is 4.39 Å². The molecule has 0 aliphatic heterocycles. The summed E-state index contributed by atoms with van der Waals surface area (Å²) in [6.45, 7) is 1.23. The fourth-order valence-electron chi connectivity index (χ4n) is 1.79. The van der Waals surface area contributed by atoms with Crippen molar-refractivity contribution in [1.29, 1.82) is 0 Å². The number of primary amides is 1. The fraction of sp³-hybridized carbons (Fsp3) is 0.0667. The summed E-state index contributed by atoms with van der Waals surface area (Å²) in [5.74, 6) is -1.48. The van der Waals surface area contributed by atoms with Crippen LogP contribution in [0.15, 0.2) is 42.5 Å². The largest absolute Gasteiger partial charge is 0.426 e. The van der Waals surface area contributed by atoms with Gasteiger partial charge >= 0.3 is 5.97 Å². The topological polar surface area (TPSA) is 69.4 Å². The van der Waals surface area contributed by atoms with Crippen LogP contribution in [0.25, 0.3) is 11.1 Å². The normalized spacial score (nSPS) is 10.1. The van der Waals surface area contributed by atoms with Crippen molar-refractivity contribution in [2.75, 3.05) is 0 Å². The highest BCUT2D eigenvalue weighted by Crippen LogP contribution is 2.27. The third-order valence-electron chi connectivity index (χ3n) is 2.68. The highest BCUT2D eigenvalue weighted by Gasteiger charge is 2.13. The average molecular weight is 273 g/mol. The average Bonchev–Trinajstić information content (AvgIpc) is 2.39. The van der Waals surface area contributed by atoms with Gasteiger partial charge in [-0.05, 0) is 35.4 Å². The summed E-state index contributed by atoms with van der Waals surface area (Å²) in [6, 6.07) is 10.5. The summed E-state index contributed by atoms with van der Waals surface area (Å²) in [4.78, 5) is 22.4. The number of halogens is 1. The monoisotopic (exact) mass is 273 g/mol. The zero-order chi connectivity index (χ0) is 14.7. The molecular weight excluding hydrogens is 261 g/mol. The first-order valence-corrected chi connectivity index (χ1v) is 5.85. The Morgan fingerprint density at radius 3 is 2.20 bits per heavy atom. The van der Waals surface area contributed by atoms with Gasteiger partial charge in [-0.3, -0.25) is 9.59 Å². The van der Waals surface area contributed by atoms with Crippen molar-refractivity contribution in [3.8, 4) is 16.9 Å². The van der Waals surface area contributed by atoms with Gasteiger partial charge in [0.15, 0.2) is 0 Å². The number of benzene rings is 2. The molecule has 0 saturated heterocycles. The van der Waals surface area contributed by atoms with E-state index in [-0.39, 0.29) is 17.1 Å². The van der Waals surface area contributed by atoms with E-state index in [0.29, 0.717) is 5.56 Å². The van der Waals surface area contributed by atoms with E-state index in [9.17, 15) is 14.0 Å². The Hall–Kier alpha value is -2.69. The number of carbonyl (C=O) groups is 2. The van der Waals surface area contributed by atoms with Crippen molar-refractivity contribution in [1.82, 2.24) is 0 Å². The molecule has 102 valence electrons. The quantitative estimate of drug-likeness (QED) is 0.690. The first-order valence-electron chi connectivity index (χ1n) is 5.85. The Morgan fingerprint density at radius 2 is 1.65 bits per heavy atom. The second-order valence-electron chi connectivity index (χ2n) is 4.18. The summed E-state index contributed by atoms with van der Waals surface area (Å²) in [6.07, 6.45) is 0. The first kappa shape index (κ1) is 13.7. The lowest BCUT2D eigenvalue weighted by atomic mass is 10.0. The van der Waals surface area contributed by atoms with Crippen LogP contribution in [-0.4, -0.2) is 11.9 Å². The molecule has 2 rings (SSSR count). The summed E-state index contributed by atoms with van der Waals surface area (Å²) >= 11 is 0. The van der Waals surface area contributed by atoms with Gasteiger partial charge in [0.25, 0.3) is 5.91 Å². The molecule has 0 spiro atoms. The van der Waals surface area contributed by atoms with Gasteiger partial charge in [-0.2, -0.15) is 0 Å². The Labute approximate surface area is 115 Å². The van der Waals surface area contributed by atoms with E-state index in [2.05, 4.69) is 0 Å². The summed E-state index contributed by atoms with van der Waals surface area (Å²) in [5.41, 5.74) is 6.77. The fourth-order valence-corrected chi connectivity index (χ4v) is 1.79. The van der Waals surface area contributed by atoms with E-state index < -0.39 is 11.9 Å². The minimum atomic E-state index is -0.704. The highest BCUT2D eigenvalue weighted by molar-refractivity contribution is 5.97. The SMILES string of the molecule is CC(=O)Oc1ccc(-c2ccc(F)cc2)cc1C(N)=O. The molecule has 2 aromatic rings. The molecule has 1 amide bonds. The van der Waals surface area contributed by atoms with E-state index in [1.54, 1.807) is 18.2 Å². The van der Waals surface area contributed by atoms with Gasteiger partial charge in [0.2, 0.25) is 0 Å². The van der Waals surface area contributed by atoms with Crippen LogP contribution in [0.1, 0.15) is 17.3 Å². The number of nitrogens with two attached hydrogens (primary N) is 1. The van der Waals surface area contributed by atoms with Gasteiger partial charge in [0, 0.05) is 6.92 Å². The molecule has 0 radical (unpaired) electrons. The van der Waals surface area contributed by atoms with Crippen LogP contribution in [0.3, 0.4) is 0 Å². The van der Waals surface area contributed by atoms with Gasteiger partial charge in [-0.1, -0.05) is 18.2 Å². The molecule has 0 atom stereocenters. The van der Waals surface area contributed by atoms with Gasteiger partial charge in [0.1, 0.15) is 11.6 Å². The molecule has 20 heavy (non-hydrogen) atoms. The first-order chi connectivity index (χ1) is 9.47. The van der Waals surface area contributed by atoms with Crippen molar-refractivity contribution in [2.24, 2.45) is 5.73 Å². The van der Waals surface area contributed by atoms with Gasteiger partial charge in [-0.15, -0.1) is 0 Å². The van der Waals surface area contributed by atoms with Crippen LogP contribution < -0.4 is 10.5 Å². The molecule has 4 nitrogen and oxygen atoms in total. The minimum absolute atomic E-state index is 0.0991. The lowest BCUT2D eigenvalue weighted by molar-refractivity contribution is -0.131. The van der Waals surface area contributed by atoms with Crippen molar-refractivity contribution in [2.45, 2.75) is 6.92 Å². The standard InChI is InChI=1S/C15H12FNO3/c1-9(18)20-14-7-4-11(8-13(14)15(17)19)10-2-5-12(16)6-3-10/h2-8H,1H3,(H2,17,19). The second-order valence-corrected chi connectivity index (χ2v) is 4.18. The Balaban J connectivity index is 2.47. The number of amides is 1. The number of carbonyl (C=O) groups excluding carboxylic acids is 2. The Morgan fingerprint density at radius 1 is 1.05 bits per heavy atom. The predicted molar refractivity (Wildman–Crippen MR) is 71.7 cm³/mol. The number of hydrogen-bond acceptors (Lipinski definition) is 3. The van der Waals surface area contributed by atoms with Crippen LogP contribution in [0, 0.1) is 5.82 Å². The van der Waals surface area contributed by atoms with Crippen molar-refractivity contribution >= 4 is 11.9 Å². The zero-order valence-electron chi connectivity index (χ0n) is 10.7. The molecule has 0 aliphatic rings. The maximum atomic E-state index is 12.9. The van der Waals surface area contributed by atoms with Crippen LogP contribution >= 0.6 is 0 Å². The Bertz CT molecular complexity index is 665. The Kier molecular flexibility index (Phi) is 3.79. The number of rotatable bonds is 3. The van der Waals surface area contributed by atoms with Crippen LogP contribution in [0.2, 0.25) is 0 Å². The minimum Gasteiger partial charge on any atom is -0.426 e. The lowest BCUT2D eigenvalue weighted by Crippen LogP contribution is -2.14. The van der Waals surface area contributed by atoms with Crippen molar-refractivity contribution in [3.63, 3.8) is 0 Å². The van der Waals surface area contributed by atoms with Crippen LogP contribution in [0.5, 0.6) is 5.75 Å². The van der Waals surface area contributed by atoms with E-state index in [1.165, 1.54) is 31.2 Å². The van der Waals surface area contributed by atoms with E-state index >= 15 is 0 Å². The van der Waals surface area contributed by atoms with Crippen molar-refractivity contribution < 1.29 is 18.7 Å². The molecule has 0 aromatic heterocycles. The predicted octanol–water partition coefficient (Wildman–Crippen LogP) is 2.52. The molecular formula is C15H12FNO3. The summed E-state index contributed by atoms with van der Waals surface area (Å²) in [7, 11) is 0. The molecule has 0 aliphatic carbocycles. The molecule has 0 unspecified atom stereocenters. The van der Waals surface area contributed by atoms with Gasteiger partial charge in [-0.25, -0.2) is 4.39 Å². The smallest absolute Gasteiger partial charge is 0.308 e. The maximum Gasteiger partial charge on any atom is 0.308 e. The number of ether oxygens (including phenoxy) is 1. The third-order valence-corrected chi connectivity index (χ3v) is 2.68. The third kappa shape index (κ3) is 3.00. The number of hydrogen-bond donors (Lipinski definition) is 1. The maximum absolute atomic E-state index is 12.9. The second kappa shape index (κ2) is 5.52. The molecule has 5 heteroatoms. The van der Waals surface area contributed by atoms with Gasteiger partial charge < -0.3 is 10.5 Å². The summed E-state index contributed by atoms with van der Waals surface area (Å²) < 4.78 is 17.8. The molecule has 2 aromatic carbocycles. The molecule has 0 fully saturated rings. The zero-order valence-corrected chi connectivity index (χ0v) is 10.7. The molecule has 0 saturated carbocycles. The van der Waals surface area contributed by atoms with E-state index in [0.717, 1.165) is 5.56 Å². The van der Waals surface area contributed by atoms with E-state index in [4.69, 9.17) is 10.5 Å². The molecule has 2 N–H and O–H groups in total. The van der Waals surface area contributed by atoms with Crippen LogP contribution in [-0.2, 0) is 4.79 Å². The summed E-state index contributed by atoms with van der Waals surface area (Å²) in [5, 5.41) is 0. The van der Waals surface area contributed by atoms with E-state index in [1.807, 2.05) is 0 Å². The van der Waals surface area contributed by atoms with Crippen molar-refractivity contribution in [3.05, 3.63) is 53.8 Å². The van der Waals surface area contributed by atoms with Gasteiger partial charge in [0.05, 0.1) is 5.56 Å².